The number of rotatable bonds is 3. The number of fused-ring (bicyclic) bond motifs is 3. The largest absolute Gasteiger partial charge is 0.455 e. The summed E-state index contributed by atoms with van der Waals surface area (Å²) in [7, 11) is 2.05. The van der Waals surface area contributed by atoms with Crippen LogP contribution in [-0.4, -0.2) is 0 Å². The number of nitriles is 1. The first-order valence-electron chi connectivity index (χ1n) is 10.9. The van der Waals surface area contributed by atoms with Gasteiger partial charge in [-0.3, -0.25) is 0 Å². The third-order valence-corrected chi connectivity index (χ3v) is 6.31. The fraction of sp³-hybridized carbons (Fsp3) is 0.172. The quantitative estimate of drug-likeness (QED) is 0.295. The predicted octanol–water partition coefficient (Wildman–Crippen LogP) is 7.05. The van der Waals surface area contributed by atoms with Crippen LogP contribution in [-0.2, 0) is 7.05 Å². The molecule has 0 amide bonds. The minimum Gasteiger partial charge on any atom is -0.455 e. The number of hydrogen-bond donors (Lipinski definition) is 0. The van der Waals surface area contributed by atoms with E-state index in [2.05, 4.69) is 73.9 Å². The van der Waals surface area contributed by atoms with Crippen LogP contribution >= 0.6 is 0 Å². The Kier molecular flexibility index (Phi) is 4.79. The lowest BCUT2D eigenvalue weighted by Crippen LogP contribution is -2.30. The summed E-state index contributed by atoms with van der Waals surface area (Å²) < 4.78 is 8.59. The van der Waals surface area contributed by atoms with Crippen LogP contribution in [0.3, 0.4) is 0 Å². The lowest BCUT2D eigenvalue weighted by molar-refractivity contribution is -0.660. The van der Waals surface area contributed by atoms with Crippen LogP contribution in [0.15, 0.2) is 77.3 Å². The molecule has 0 aliphatic carbocycles. The molecule has 3 nitrogen and oxygen atoms in total. The van der Waals surface area contributed by atoms with Crippen molar-refractivity contribution >= 4 is 21.9 Å². The second-order valence-corrected chi connectivity index (χ2v) is 8.68. The molecule has 0 spiro atoms. The van der Waals surface area contributed by atoms with E-state index in [1.165, 1.54) is 5.56 Å². The summed E-state index contributed by atoms with van der Waals surface area (Å²) in [4.78, 5) is 0. The van der Waals surface area contributed by atoms with E-state index in [0.717, 1.165) is 49.9 Å². The van der Waals surface area contributed by atoms with E-state index in [0.29, 0.717) is 11.5 Å². The number of furan rings is 1. The van der Waals surface area contributed by atoms with E-state index in [4.69, 9.17) is 4.42 Å². The van der Waals surface area contributed by atoms with Gasteiger partial charge in [-0.05, 0) is 47.7 Å². The Bertz CT molecular complexity index is 1520. The molecular formula is C29H25N2O+. The Hall–Kier alpha value is -3.90. The number of nitrogens with zero attached hydrogens (tertiary/aromatic N) is 2. The zero-order valence-electron chi connectivity index (χ0n) is 18.8. The molecule has 0 aliphatic rings. The molecule has 0 radical (unpaired) electrons. The number of benzene rings is 3. The molecule has 0 atom stereocenters. The highest BCUT2D eigenvalue weighted by Crippen LogP contribution is 2.42. The van der Waals surface area contributed by atoms with Crippen molar-refractivity contribution in [3.8, 4) is 28.5 Å². The van der Waals surface area contributed by atoms with Crippen LogP contribution in [0.25, 0.3) is 44.3 Å². The van der Waals surface area contributed by atoms with Crippen LogP contribution in [0.4, 0.5) is 0 Å². The topological polar surface area (TPSA) is 40.8 Å². The summed E-state index contributed by atoms with van der Waals surface area (Å²) in [6.07, 6.45) is 2.05. The molecular weight excluding hydrogens is 392 g/mol. The van der Waals surface area contributed by atoms with Crippen LogP contribution in [0.1, 0.15) is 36.5 Å². The van der Waals surface area contributed by atoms with E-state index in [9.17, 15) is 5.26 Å². The molecule has 0 saturated carbocycles. The highest BCUT2D eigenvalue weighted by Gasteiger charge is 2.23. The average Bonchev–Trinajstić information content (AvgIpc) is 3.17. The molecule has 2 heterocycles. The monoisotopic (exact) mass is 417 g/mol. The average molecular weight is 418 g/mol. The van der Waals surface area contributed by atoms with Crippen molar-refractivity contribution in [3.63, 3.8) is 0 Å². The van der Waals surface area contributed by atoms with Gasteiger partial charge in [-0.2, -0.15) is 5.26 Å². The molecule has 156 valence electrons. The van der Waals surface area contributed by atoms with Gasteiger partial charge in [-0.25, -0.2) is 4.57 Å². The molecule has 0 aliphatic heterocycles. The van der Waals surface area contributed by atoms with Gasteiger partial charge >= 0.3 is 0 Å². The molecule has 0 unspecified atom stereocenters. The zero-order chi connectivity index (χ0) is 22.4. The molecule has 5 rings (SSSR count). The first-order chi connectivity index (χ1) is 15.5. The highest BCUT2D eigenvalue weighted by molar-refractivity contribution is 6.16. The molecule has 2 aromatic heterocycles. The van der Waals surface area contributed by atoms with Gasteiger partial charge in [-0.1, -0.05) is 50.2 Å². The molecule has 5 aromatic rings. The van der Waals surface area contributed by atoms with Crippen molar-refractivity contribution in [3.05, 3.63) is 89.6 Å². The van der Waals surface area contributed by atoms with Crippen molar-refractivity contribution in [1.29, 1.82) is 5.26 Å². The molecule has 3 aromatic carbocycles. The molecule has 32 heavy (non-hydrogen) atoms. The van der Waals surface area contributed by atoms with Gasteiger partial charge in [0.2, 0.25) is 5.69 Å². The predicted molar refractivity (Wildman–Crippen MR) is 129 cm³/mol. The Morgan fingerprint density at radius 2 is 1.69 bits per heavy atom. The molecule has 0 bridgehead atoms. The van der Waals surface area contributed by atoms with Crippen molar-refractivity contribution in [2.24, 2.45) is 7.05 Å². The van der Waals surface area contributed by atoms with Crippen molar-refractivity contribution in [1.82, 2.24) is 0 Å². The SMILES string of the molecule is Cc1ccc2c(oc3ccc(C#N)c(-c4ccc(C(C)C)cc4)c32)c1-c1cccc[n+]1C. The second kappa shape index (κ2) is 7.66. The normalized spacial score (nSPS) is 11.4. The summed E-state index contributed by atoms with van der Waals surface area (Å²) >= 11 is 0. The maximum atomic E-state index is 9.92. The van der Waals surface area contributed by atoms with E-state index in [1.54, 1.807) is 0 Å². The van der Waals surface area contributed by atoms with Gasteiger partial charge < -0.3 is 4.42 Å². The Balaban J connectivity index is 1.87. The lowest BCUT2D eigenvalue weighted by atomic mass is 9.92. The van der Waals surface area contributed by atoms with Gasteiger partial charge in [-0.15, -0.1) is 0 Å². The van der Waals surface area contributed by atoms with Crippen LogP contribution in [0.2, 0.25) is 0 Å². The smallest absolute Gasteiger partial charge is 0.216 e. The van der Waals surface area contributed by atoms with Gasteiger partial charge in [0.25, 0.3) is 0 Å². The molecule has 0 N–H and O–H groups in total. The van der Waals surface area contributed by atoms with Crippen LogP contribution < -0.4 is 4.57 Å². The minimum absolute atomic E-state index is 0.460. The van der Waals surface area contributed by atoms with Crippen LogP contribution in [0, 0.1) is 18.3 Å². The van der Waals surface area contributed by atoms with Gasteiger partial charge in [0.1, 0.15) is 18.2 Å². The number of pyridine rings is 1. The van der Waals surface area contributed by atoms with Crippen molar-refractivity contribution in [2.45, 2.75) is 26.7 Å². The second-order valence-electron chi connectivity index (χ2n) is 8.68. The molecule has 3 heteroatoms. The maximum Gasteiger partial charge on any atom is 0.216 e. The van der Waals surface area contributed by atoms with E-state index >= 15 is 0 Å². The number of aromatic nitrogens is 1. The van der Waals surface area contributed by atoms with Crippen molar-refractivity contribution < 1.29 is 8.98 Å². The summed E-state index contributed by atoms with van der Waals surface area (Å²) in [5.74, 6) is 0.460. The Morgan fingerprint density at radius 1 is 0.906 bits per heavy atom. The van der Waals surface area contributed by atoms with Gasteiger partial charge in [0.15, 0.2) is 6.20 Å². The van der Waals surface area contributed by atoms with E-state index in [-0.39, 0.29) is 0 Å². The number of aryl methyl sites for hydroxylation is 2. The van der Waals surface area contributed by atoms with E-state index < -0.39 is 0 Å². The van der Waals surface area contributed by atoms with Crippen molar-refractivity contribution in [2.75, 3.05) is 0 Å². The van der Waals surface area contributed by atoms with Gasteiger partial charge in [0.05, 0.1) is 17.2 Å². The minimum atomic E-state index is 0.460. The fourth-order valence-corrected chi connectivity index (χ4v) is 4.56. The third-order valence-electron chi connectivity index (χ3n) is 6.31. The first-order valence-corrected chi connectivity index (χ1v) is 10.9. The Morgan fingerprint density at radius 3 is 2.38 bits per heavy atom. The summed E-state index contributed by atoms with van der Waals surface area (Å²) in [6.45, 7) is 6.49. The number of hydrogen-bond acceptors (Lipinski definition) is 2. The van der Waals surface area contributed by atoms with Crippen LogP contribution in [0.5, 0.6) is 0 Å². The highest BCUT2D eigenvalue weighted by atomic mass is 16.3. The fourth-order valence-electron chi connectivity index (χ4n) is 4.56. The van der Waals surface area contributed by atoms with Gasteiger partial charge in [0, 0.05) is 28.5 Å². The Labute approximate surface area is 188 Å². The molecule has 0 fully saturated rings. The standard InChI is InChI=1S/C29H25N2O/c1-18(2)20-9-11-21(12-10-20)27-22(17-30)13-15-25-28(27)23-14-8-19(3)26(29(23)32-25)24-7-5-6-16-31(24)4/h5-16,18H,1-4H3/q+1. The summed E-state index contributed by atoms with van der Waals surface area (Å²) in [5.41, 5.74) is 8.90. The third kappa shape index (κ3) is 3.08. The summed E-state index contributed by atoms with van der Waals surface area (Å²) in [5, 5.41) is 11.9. The maximum absolute atomic E-state index is 9.92. The summed E-state index contributed by atoms with van der Waals surface area (Å²) in [6, 6.07) is 25.2. The van der Waals surface area contributed by atoms with E-state index in [1.807, 2.05) is 37.5 Å². The zero-order valence-corrected chi connectivity index (χ0v) is 18.8. The first kappa shape index (κ1) is 20.0. The molecule has 0 saturated heterocycles. The lowest BCUT2D eigenvalue weighted by Gasteiger charge is -2.10.